The lowest BCUT2D eigenvalue weighted by molar-refractivity contribution is 0.281. The van der Waals surface area contributed by atoms with Crippen molar-refractivity contribution in [1.29, 1.82) is 0 Å². The van der Waals surface area contributed by atoms with E-state index in [2.05, 4.69) is 35.5 Å². The first-order valence-electron chi connectivity index (χ1n) is 7.31. The van der Waals surface area contributed by atoms with Gasteiger partial charge in [0.05, 0.1) is 16.6 Å². The number of pyridine rings is 1. The third kappa shape index (κ3) is 2.60. The highest BCUT2D eigenvalue weighted by molar-refractivity contribution is 6.32. The molecule has 0 bridgehead atoms. The molecule has 114 valence electrons. The molecule has 1 N–H and O–H groups in total. The summed E-state index contributed by atoms with van der Waals surface area (Å²) >= 11 is 6.24. The highest BCUT2D eigenvalue weighted by atomic mass is 35.5. The molecule has 3 aromatic rings. The first kappa shape index (κ1) is 15.0. The second-order valence-electron chi connectivity index (χ2n) is 5.43. The molecular weight excluding hydrogens is 298 g/mol. The van der Waals surface area contributed by atoms with Crippen molar-refractivity contribution >= 4 is 22.6 Å². The zero-order valence-corrected chi connectivity index (χ0v) is 13.4. The van der Waals surface area contributed by atoms with E-state index in [1.54, 1.807) is 6.20 Å². The zero-order chi connectivity index (χ0) is 15.7. The van der Waals surface area contributed by atoms with Gasteiger partial charge in [-0.05, 0) is 55.7 Å². The van der Waals surface area contributed by atoms with Gasteiger partial charge >= 0.3 is 0 Å². The van der Waals surface area contributed by atoms with E-state index in [-0.39, 0.29) is 6.61 Å². The molecule has 0 spiro atoms. The molecule has 0 amide bonds. The molecular formula is C17H18ClN3O. The molecule has 0 saturated carbocycles. The van der Waals surface area contributed by atoms with E-state index < -0.39 is 0 Å². The second-order valence-corrected chi connectivity index (χ2v) is 5.79. The van der Waals surface area contributed by atoms with Crippen molar-refractivity contribution in [1.82, 2.24) is 14.5 Å². The Morgan fingerprint density at radius 2 is 2.00 bits per heavy atom. The minimum atomic E-state index is 0.144. The first-order chi connectivity index (χ1) is 10.6. The van der Waals surface area contributed by atoms with Crippen LogP contribution in [0.15, 0.2) is 30.5 Å². The van der Waals surface area contributed by atoms with Crippen molar-refractivity contribution in [2.24, 2.45) is 0 Å². The number of fused-ring (bicyclic) bond motifs is 1. The average molecular weight is 316 g/mol. The van der Waals surface area contributed by atoms with E-state index in [0.29, 0.717) is 18.1 Å². The fraction of sp³-hybridized carbons (Fsp3) is 0.294. The van der Waals surface area contributed by atoms with Crippen LogP contribution in [0.3, 0.4) is 0 Å². The molecule has 0 aliphatic heterocycles. The van der Waals surface area contributed by atoms with E-state index >= 15 is 0 Å². The van der Waals surface area contributed by atoms with E-state index in [4.69, 9.17) is 16.6 Å². The summed E-state index contributed by atoms with van der Waals surface area (Å²) in [7, 11) is 0. The molecule has 0 atom stereocenters. The Labute approximate surface area is 134 Å². The average Bonchev–Trinajstić information content (AvgIpc) is 2.83. The number of imidazole rings is 1. The third-order valence-corrected chi connectivity index (χ3v) is 4.20. The molecule has 0 aliphatic rings. The number of aliphatic hydroxyl groups excluding tert-OH is 1. The summed E-state index contributed by atoms with van der Waals surface area (Å²) in [6, 6.07) is 8.01. The number of benzene rings is 1. The van der Waals surface area contributed by atoms with Gasteiger partial charge in [0.15, 0.2) is 0 Å². The van der Waals surface area contributed by atoms with Crippen LogP contribution in [0.5, 0.6) is 0 Å². The van der Waals surface area contributed by atoms with Crippen LogP contribution in [-0.2, 0) is 6.54 Å². The van der Waals surface area contributed by atoms with Crippen molar-refractivity contribution in [3.8, 4) is 11.4 Å². The predicted molar refractivity (Wildman–Crippen MR) is 89.2 cm³/mol. The van der Waals surface area contributed by atoms with E-state index in [0.717, 1.165) is 22.4 Å². The van der Waals surface area contributed by atoms with Crippen LogP contribution < -0.4 is 0 Å². The minimum Gasteiger partial charge on any atom is -0.396 e. The number of aliphatic hydroxyl groups is 1. The lowest BCUT2D eigenvalue weighted by Crippen LogP contribution is -2.03. The van der Waals surface area contributed by atoms with Gasteiger partial charge in [0, 0.05) is 19.3 Å². The molecule has 0 fully saturated rings. The van der Waals surface area contributed by atoms with E-state index in [1.807, 2.05) is 12.1 Å². The van der Waals surface area contributed by atoms with Gasteiger partial charge in [-0.15, -0.1) is 0 Å². The number of hydrogen-bond donors (Lipinski definition) is 1. The summed E-state index contributed by atoms with van der Waals surface area (Å²) in [4.78, 5) is 8.90. The van der Waals surface area contributed by atoms with Gasteiger partial charge in [0.1, 0.15) is 11.0 Å². The van der Waals surface area contributed by atoms with E-state index in [9.17, 15) is 5.11 Å². The molecule has 1 aromatic carbocycles. The number of hydrogen-bond acceptors (Lipinski definition) is 3. The lowest BCUT2D eigenvalue weighted by Gasteiger charge is -2.09. The van der Waals surface area contributed by atoms with Gasteiger partial charge in [0.2, 0.25) is 0 Å². The quantitative estimate of drug-likeness (QED) is 0.746. The van der Waals surface area contributed by atoms with Gasteiger partial charge in [-0.1, -0.05) is 11.6 Å². The van der Waals surface area contributed by atoms with Crippen LogP contribution in [0.2, 0.25) is 5.15 Å². The molecule has 4 nitrogen and oxygen atoms in total. The maximum Gasteiger partial charge on any atom is 0.144 e. The molecule has 5 heteroatoms. The largest absolute Gasteiger partial charge is 0.396 e. The smallest absolute Gasteiger partial charge is 0.144 e. The van der Waals surface area contributed by atoms with Crippen LogP contribution in [-0.4, -0.2) is 26.2 Å². The minimum absolute atomic E-state index is 0.144. The monoisotopic (exact) mass is 315 g/mol. The molecule has 0 aliphatic carbocycles. The van der Waals surface area contributed by atoms with Gasteiger partial charge < -0.3 is 9.67 Å². The van der Waals surface area contributed by atoms with Crippen molar-refractivity contribution < 1.29 is 5.11 Å². The molecule has 2 aromatic heterocycles. The summed E-state index contributed by atoms with van der Waals surface area (Å²) in [6.45, 7) is 5.01. The number of aryl methyl sites for hydroxylation is 3. The number of nitrogens with zero attached hydrogens (tertiary/aromatic N) is 3. The molecule has 22 heavy (non-hydrogen) atoms. The van der Waals surface area contributed by atoms with Crippen LogP contribution in [0.1, 0.15) is 17.5 Å². The molecule has 0 saturated heterocycles. The zero-order valence-electron chi connectivity index (χ0n) is 12.7. The SMILES string of the molecule is Cc1cc2nc(-c3cccnc3Cl)n(CCCO)c2cc1C. The normalized spacial score (nSPS) is 11.3. The van der Waals surface area contributed by atoms with Gasteiger partial charge in [-0.25, -0.2) is 9.97 Å². The van der Waals surface area contributed by atoms with Crippen molar-refractivity contribution in [3.63, 3.8) is 0 Å². The standard InChI is InChI=1S/C17H18ClN3O/c1-11-9-14-15(10-12(11)2)21(7-4-8-22)17(20-14)13-5-3-6-19-16(13)18/h3,5-6,9-10,22H,4,7-8H2,1-2H3. The summed E-state index contributed by atoms with van der Waals surface area (Å²) in [6.07, 6.45) is 2.34. The maximum absolute atomic E-state index is 9.18. The van der Waals surface area contributed by atoms with Crippen molar-refractivity contribution in [2.75, 3.05) is 6.61 Å². The Morgan fingerprint density at radius 1 is 1.23 bits per heavy atom. The second kappa shape index (κ2) is 6.07. The molecule has 2 heterocycles. The van der Waals surface area contributed by atoms with Gasteiger partial charge in [0.25, 0.3) is 0 Å². The Kier molecular flexibility index (Phi) is 4.14. The van der Waals surface area contributed by atoms with Crippen LogP contribution >= 0.6 is 11.6 Å². The van der Waals surface area contributed by atoms with Crippen LogP contribution in [0.25, 0.3) is 22.4 Å². The number of aromatic nitrogens is 3. The highest BCUT2D eigenvalue weighted by Gasteiger charge is 2.16. The summed E-state index contributed by atoms with van der Waals surface area (Å²) in [5.74, 6) is 0.798. The lowest BCUT2D eigenvalue weighted by atomic mass is 10.1. The maximum atomic E-state index is 9.18. The molecule has 3 rings (SSSR count). The summed E-state index contributed by atoms with van der Waals surface area (Å²) < 4.78 is 2.11. The van der Waals surface area contributed by atoms with E-state index in [1.165, 1.54) is 11.1 Å². The Bertz CT molecular complexity index is 826. The Morgan fingerprint density at radius 3 is 2.73 bits per heavy atom. The van der Waals surface area contributed by atoms with Gasteiger partial charge in [-0.2, -0.15) is 0 Å². The summed E-state index contributed by atoms with van der Waals surface area (Å²) in [5, 5.41) is 9.62. The predicted octanol–water partition coefficient (Wildman–Crippen LogP) is 3.75. The number of halogens is 1. The van der Waals surface area contributed by atoms with Crippen molar-refractivity contribution in [2.45, 2.75) is 26.8 Å². The Hall–Kier alpha value is -1.91. The molecule has 0 unspecified atom stereocenters. The fourth-order valence-corrected chi connectivity index (χ4v) is 2.80. The molecule has 0 radical (unpaired) electrons. The Balaban J connectivity index is 2.26. The summed E-state index contributed by atoms with van der Waals surface area (Å²) in [5.41, 5.74) is 5.25. The number of rotatable bonds is 4. The van der Waals surface area contributed by atoms with Crippen LogP contribution in [0, 0.1) is 13.8 Å². The van der Waals surface area contributed by atoms with Crippen molar-refractivity contribution in [3.05, 3.63) is 46.7 Å². The highest BCUT2D eigenvalue weighted by Crippen LogP contribution is 2.30. The topological polar surface area (TPSA) is 50.9 Å². The van der Waals surface area contributed by atoms with Crippen LogP contribution in [0.4, 0.5) is 0 Å². The first-order valence-corrected chi connectivity index (χ1v) is 7.69. The van der Waals surface area contributed by atoms with Gasteiger partial charge in [-0.3, -0.25) is 0 Å². The fourth-order valence-electron chi connectivity index (χ4n) is 2.59. The third-order valence-electron chi connectivity index (χ3n) is 3.90.